The third kappa shape index (κ3) is 4.03. The fourth-order valence-corrected chi connectivity index (χ4v) is 2.47. The van der Waals surface area contributed by atoms with Crippen LogP contribution in [0.4, 0.5) is 0 Å². The van der Waals surface area contributed by atoms with Gasteiger partial charge in [0, 0.05) is 0 Å². The Bertz CT molecular complexity index is 605. The predicted molar refractivity (Wildman–Crippen MR) is 85.5 cm³/mol. The van der Waals surface area contributed by atoms with E-state index in [4.69, 9.17) is 0 Å². The molecule has 0 aromatic heterocycles. The van der Waals surface area contributed by atoms with Gasteiger partial charge in [0.25, 0.3) is 0 Å². The van der Waals surface area contributed by atoms with Gasteiger partial charge in [-0.25, -0.2) is 0 Å². The Morgan fingerprint density at radius 2 is 1.90 bits per heavy atom. The quantitative estimate of drug-likeness (QED) is 0.768. The van der Waals surface area contributed by atoms with Gasteiger partial charge in [0.15, 0.2) is 0 Å². The minimum Gasteiger partial charge on any atom is -0.480 e. The zero-order valence-corrected chi connectivity index (χ0v) is 12.5. The molecule has 4 heteroatoms. The van der Waals surface area contributed by atoms with Crippen molar-refractivity contribution in [3.05, 3.63) is 48.0 Å². The summed E-state index contributed by atoms with van der Waals surface area (Å²) in [6.45, 7) is 1.62. The normalized spacial score (nSPS) is 12.7. The van der Waals surface area contributed by atoms with Crippen LogP contribution >= 0.6 is 0 Å². The molecule has 2 rings (SSSR count). The van der Waals surface area contributed by atoms with Gasteiger partial charge in [-0.15, -0.1) is 0 Å². The Balaban J connectivity index is 2.19. The van der Waals surface area contributed by atoms with Gasteiger partial charge < -0.3 is 15.3 Å². The SMILES string of the molecule is CN(C)CCCNC(C(=O)O)c1cccc2ccccc12. The Kier molecular flexibility index (Phi) is 5.31. The van der Waals surface area contributed by atoms with E-state index in [0.29, 0.717) is 6.54 Å². The minimum atomic E-state index is -0.837. The average Bonchev–Trinajstić information content (AvgIpc) is 2.46. The van der Waals surface area contributed by atoms with E-state index in [2.05, 4.69) is 10.2 Å². The van der Waals surface area contributed by atoms with Gasteiger partial charge in [0.1, 0.15) is 6.04 Å². The maximum atomic E-state index is 11.6. The summed E-state index contributed by atoms with van der Waals surface area (Å²) in [6.07, 6.45) is 0.918. The van der Waals surface area contributed by atoms with Crippen LogP contribution in [0.15, 0.2) is 42.5 Å². The Morgan fingerprint density at radius 3 is 2.62 bits per heavy atom. The number of hydrogen-bond donors (Lipinski definition) is 2. The van der Waals surface area contributed by atoms with Crippen LogP contribution in [0.1, 0.15) is 18.0 Å². The summed E-state index contributed by atoms with van der Waals surface area (Å²) < 4.78 is 0. The lowest BCUT2D eigenvalue weighted by atomic mass is 9.98. The van der Waals surface area contributed by atoms with Gasteiger partial charge in [-0.05, 0) is 49.9 Å². The number of carboxylic acids is 1. The highest BCUT2D eigenvalue weighted by molar-refractivity contribution is 5.90. The molecule has 0 spiro atoms. The van der Waals surface area contributed by atoms with Crippen LogP contribution < -0.4 is 5.32 Å². The largest absolute Gasteiger partial charge is 0.480 e. The Labute approximate surface area is 125 Å². The standard InChI is InChI=1S/C17H22N2O2/c1-19(2)12-6-11-18-16(17(20)21)15-10-5-8-13-7-3-4-9-14(13)15/h3-5,7-10,16,18H,6,11-12H2,1-2H3,(H,20,21). The summed E-state index contributed by atoms with van der Waals surface area (Å²) in [5.74, 6) is -0.837. The topological polar surface area (TPSA) is 52.6 Å². The average molecular weight is 286 g/mol. The molecule has 2 aromatic rings. The van der Waals surface area contributed by atoms with Gasteiger partial charge in [-0.3, -0.25) is 4.79 Å². The number of carboxylic acid groups (broad SMARTS) is 1. The number of carbonyl (C=O) groups is 1. The molecule has 0 heterocycles. The van der Waals surface area contributed by atoms with Gasteiger partial charge in [0.05, 0.1) is 0 Å². The highest BCUT2D eigenvalue weighted by atomic mass is 16.4. The molecule has 1 atom stereocenters. The molecule has 0 saturated carbocycles. The molecule has 0 saturated heterocycles. The summed E-state index contributed by atoms with van der Waals surface area (Å²) in [5, 5.41) is 14.7. The van der Waals surface area contributed by atoms with Gasteiger partial charge in [-0.1, -0.05) is 42.5 Å². The molecule has 0 fully saturated rings. The number of fused-ring (bicyclic) bond motifs is 1. The molecule has 2 N–H and O–H groups in total. The first-order chi connectivity index (χ1) is 10.1. The number of aliphatic carboxylic acids is 1. The number of rotatable bonds is 7. The van der Waals surface area contributed by atoms with Gasteiger partial charge in [0.2, 0.25) is 0 Å². The van der Waals surface area contributed by atoms with E-state index in [1.807, 2.05) is 56.6 Å². The van der Waals surface area contributed by atoms with Crippen LogP contribution in [-0.2, 0) is 4.79 Å². The van der Waals surface area contributed by atoms with Crippen molar-refractivity contribution >= 4 is 16.7 Å². The van der Waals surface area contributed by atoms with Crippen LogP contribution in [-0.4, -0.2) is 43.2 Å². The third-order valence-electron chi connectivity index (χ3n) is 3.51. The van der Waals surface area contributed by atoms with Gasteiger partial charge >= 0.3 is 5.97 Å². The fraction of sp³-hybridized carbons (Fsp3) is 0.353. The molecule has 0 amide bonds. The van der Waals surface area contributed by atoms with E-state index in [1.54, 1.807) is 0 Å². The third-order valence-corrected chi connectivity index (χ3v) is 3.51. The Hall–Kier alpha value is -1.91. The molecule has 0 aliphatic rings. The molecule has 0 radical (unpaired) electrons. The lowest BCUT2D eigenvalue weighted by Gasteiger charge is -2.18. The molecule has 4 nitrogen and oxygen atoms in total. The molecule has 2 aromatic carbocycles. The van der Waals surface area contributed by atoms with E-state index < -0.39 is 12.0 Å². The lowest BCUT2D eigenvalue weighted by Crippen LogP contribution is -2.31. The van der Waals surface area contributed by atoms with Crippen molar-refractivity contribution < 1.29 is 9.90 Å². The van der Waals surface area contributed by atoms with E-state index in [0.717, 1.165) is 29.3 Å². The fourth-order valence-electron chi connectivity index (χ4n) is 2.47. The van der Waals surface area contributed by atoms with Crippen LogP contribution in [0.3, 0.4) is 0 Å². The van der Waals surface area contributed by atoms with Crippen molar-refractivity contribution in [1.29, 1.82) is 0 Å². The Morgan fingerprint density at radius 1 is 1.19 bits per heavy atom. The lowest BCUT2D eigenvalue weighted by molar-refractivity contribution is -0.139. The monoisotopic (exact) mass is 286 g/mol. The highest BCUT2D eigenvalue weighted by Gasteiger charge is 2.20. The summed E-state index contributed by atoms with van der Waals surface area (Å²) in [7, 11) is 4.03. The van der Waals surface area contributed by atoms with E-state index in [1.165, 1.54) is 0 Å². The first-order valence-corrected chi connectivity index (χ1v) is 7.18. The van der Waals surface area contributed by atoms with Crippen LogP contribution in [0.25, 0.3) is 10.8 Å². The van der Waals surface area contributed by atoms with Crippen molar-refractivity contribution in [3.63, 3.8) is 0 Å². The molecular formula is C17H22N2O2. The molecule has 21 heavy (non-hydrogen) atoms. The van der Waals surface area contributed by atoms with E-state index in [-0.39, 0.29) is 0 Å². The van der Waals surface area contributed by atoms with Gasteiger partial charge in [-0.2, -0.15) is 0 Å². The maximum Gasteiger partial charge on any atom is 0.325 e. The minimum absolute atomic E-state index is 0.668. The molecule has 112 valence electrons. The second-order valence-corrected chi connectivity index (χ2v) is 5.45. The highest BCUT2D eigenvalue weighted by Crippen LogP contribution is 2.24. The van der Waals surface area contributed by atoms with Crippen LogP contribution in [0.2, 0.25) is 0 Å². The maximum absolute atomic E-state index is 11.6. The zero-order valence-electron chi connectivity index (χ0n) is 12.5. The number of hydrogen-bond acceptors (Lipinski definition) is 3. The van der Waals surface area contributed by atoms with Crippen molar-refractivity contribution in [2.24, 2.45) is 0 Å². The van der Waals surface area contributed by atoms with Crippen LogP contribution in [0, 0.1) is 0 Å². The first-order valence-electron chi connectivity index (χ1n) is 7.18. The molecule has 1 unspecified atom stereocenters. The molecular weight excluding hydrogens is 264 g/mol. The van der Waals surface area contributed by atoms with Crippen molar-refractivity contribution in [2.45, 2.75) is 12.5 Å². The summed E-state index contributed by atoms with van der Waals surface area (Å²) in [6, 6.07) is 13.0. The number of benzene rings is 2. The number of nitrogens with one attached hydrogen (secondary N) is 1. The summed E-state index contributed by atoms with van der Waals surface area (Å²) in [4.78, 5) is 13.7. The number of nitrogens with zero attached hydrogens (tertiary/aromatic N) is 1. The predicted octanol–water partition coefficient (Wildman–Crippen LogP) is 2.51. The smallest absolute Gasteiger partial charge is 0.325 e. The molecule has 0 aliphatic carbocycles. The summed E-state index contributed by atoms with van der Waals surface area (Å²) >= 11 is 0. The summed E-state index contributed by atoms with van der Waals surface area (Å²) in [5.41, 5.74) is 0.824. The van der Waals surface area contributed by atoms with Crippen molar-refractivity contribution in [3.8, 4) is 0 Å². The van der Waals surface area contributed by atoms with E-state index >= 15 is 0 Å². The first kappa shape index (κ1) is 15.5. The van der Waals surface area contributed by atoms with Crippen LogP contribution in [0.5, 0.6) is 0 Å². The zero-order chi connectivity index (χ0) is 15.2. The molecule has 0 bridgehead atoms. The van der Waals surface area contributed by atoms with Crippen molar-refractivity contribution in [1.82, 2.24) is 10.2 Å². The molecule has 0 aliphatic heterocycles. The van der Waals surface area contributed by atoms with Crippen molar-refractivity contribution in [2.75, 3.05) is 27.2 Å². The second-order valence-electron chi connectivity index (χ2n) is 5.45. The van der Waals surface area contributed by atoms with E-state index in [9.17, 15) is 9.90 Å². The second kappa shape index (κ2) is 7.20.